The molecule has 1 aromatic heterocycles. The molecule has 1 aromatic carbocycles. The fraction of sp³-hybridized carbons (Fsp3) is 0.250. The summed E-state index contributed by atoms with van der Waals surface area (Å²) >= 11 is 1.25. The number of thioether (sulfide) groups is 1. The maximum absolute atomic E-state index is 12.2. The number of rotatable bonds is 6. The molecule has 1 heterocycles. The Bertz CT molecular complexity index is 696. The second-order valence-corrected chi connectivity index (χ2v) is 5.85. The number of aryl methyl sites for hydroxylation is 1. The minimum Gasteiger partial charge on any atom is -0.384 e. The summed E-state index contributed by atoms with van der Waals surface area (Å²) in [7, 11) is 0. The molecule has 0 aliphatic heterocycles. The van der Waals surface area contributed by atoms with E-state index in [1.807, 2.05) is 6.92 Å². The third-order valence-corrected chi connectivity index (χ3v) is 3.84. The van der Waals surface area contributed by atoms with Crippen LogP contribution < -0.4 is 11.1 Å². The zero-order valence-electron chi connectivity index (χ0n) is 13.0. The molecule has 0 atom stereocenters. The fourth-order valence-corrected chi connectivity index (χ4v) is 2.64. The Labute approximate surface area is 138 Å². The Morgan fingerprint density at radius 1 is 1.22 bits per heavy atom. The van der Waals surface area contributed by atoms with E-state index < -0.39 is 0 Å². The number of nitrogens with two attached hydrogens (primary N) is 1. The molecule has 0 saturated heterocycles. The lowest BCUT2D eigenvalue weighted by molar-refractivity contribution is -0.115. The van der Waals surface area contributed by atoms with E-state index >= 15 is 0 Å². The number of nitrogens with zero attached hydrogens (tertiary/aromatic N) is 2. The normalized spacial score (nSPS) is 10.3. The third kappa shape index (κ3) is 5.07. The first-order chi connectivity index (χ1) is 11.0. The van der Waals surface area contributed by atoms with E-state index in [-0.39, 0.29) is 17.4 Å². The number of anilines is 2. The largest absolute Gasteiger partial charge is 0.384 e. The lowest BCUT2D eigenvalue weighted by atomic mass is 10.1. The van der Waals surface area contributed by atoms with Crippen LogP contribution >= 0.6 is 11.8 Å². The van der Waals surface area contributed by atoms with Crippen molar-refractivity contribution in [3.63, 3.8) is 0 Å². The number of carbonyl (C=O) groups excluding carboxylic acids is 2. The van der Waals surface area contributed by atoms with Crippen molar-refractivity contribution in [3.8, 4) is 0 Å². The van der Waals surface area contributed by atoms with Crippen LogP contribution in [0.15, 0.2) is 35.5 Å². The van der Waals surface area contributed by atoms with Gasteiger partial charge in [-0.15, -0.1) is 0 Å². The number of amides is 1. The van der Waals surface area contributed by atoms with Gasteiger partial charge in [-0.2, -0.15) is 0 Å². The third-order valence-electron chi connectivity index (χ3n) is 3.00. The highest BCUT2D eigenvalue weighted by atomic mass is 32.2. The second kappa shape index (κ2) is 7.73. The van der Waals surface area contributed by atoms with E-state index in [9.17, 15) is 9.59 Å². The van der Waals surface area contributed by atoms with E-state index in [2.05, 4.69) is 15.3 Å². The molecule has 0 aliphatic rings. The molecule has 1 amide bonds. The minimum atomic E-state index is -0.0613. The molecular weight excluding hydrogens is 312 g/mol. The first-order valence-corrected chi connectivity index (χ1v) is 8.13. The molecule has 6 nitrogen and oxygen atoms in total. The summed E-state index contributed by atoms with van der Waals surface area (Å²) in [6, 6.07) is 8.49. The maximum Gasteiger partial charge on any atom is 0.224 e. The van der Waals surface area contributed by atoms with Crippen molar-refractivity contribution in [1.82, 2.24) is 9.97 Å². The van der Waals surface area contributed by atoms with E-state index in [0.717, 1.165) is 5.69 Å². The summed E-state index contributed by atoms with van der Waals surface area (Å²) in [5.74, 6) is 0.521. The second-order valence-electron chi connectivity index (χ2n) is 4.91. The van der Waals surface area contributed by atoms with Gasteiger partial charge >= 0.3 is 0 Å². The molecular formula is C16H18N4O2S. The van der Waals surface area contributed by atoms with Crippen molar-refractivity contribution in [1.29, 1.82) is 0 Å². The van der Waals surface area contributed by atoms with E-state index in [4.69, 9.17) is 5.73 Å². The molecule has 7 heteroatoms. The maximum atomic E-state index is 12.2. The summed E-state index contributed by atoms with van der Waals surface area (Å²) in [5.41, 5.74) is 7.68. The van der Waals surface area contributed by atoms with Gasteiger partial charge in [-0.25, -0.2) is 9.97 Å². The van der Waals surface area contributed by atoms with Crippen LogP contribution in [0.4, 0.5) is 11.5 Å². The van der Waals surface area contributed by atoms with Crippen molar-refractivity contribution in [2.45, 2.75) is 25.4 Å². The predicted octanol–water partition coefficient (Wildman–Crippen LogP) is 2.69. The Kier molecular flexibility index (Phi) is 5.70. The Balaban J connectivity index is 1.96. The molecule has 23 heavy (non-hydrogen) atoms. The van der Waals surface area contributed by atoms with Gasteiger partial charge in [-0.3, -0.25) is 9.59 Å². The van der Waals surface area contributed by atoms with Crippen molar-refractivity contribution >= 4 is 35.0 Å². The molecule has 2 aromatic rings. The lowest BCUT2D eigenvalue weighted by Crippen LogP contribution is -2.10. The quantitative estimate of drug-likeness (QED) is 0.480. The van der Waals surface area contributed by atoms with Crippen molar-refractivity contribution in [3.05, 3.63) is 41.6 Å². The van der Waals surface area contributed by atoms with Gasteiger partial charge in [0.15, 0.2) is 10.9 Å². The average Bonchev–Trinajstić information content (AvgIpc) is 2.52. The zero-order chi connectivity index (χ0) is 16.8. The molecule has 3 N–H and O–H groups in total. The van der Waals surface area contributed by atoms with Gasteiger partial charge in [0.05, 0.1) is 5.75 Å². The summed E-state index contributed by atoms with van der Waals surface area (Å²) in [4.78, 5) is 31.8. The number of carbonyl (C=O) groups is 2. The van der Waals surface area contributed by atoms with Gasteiger partial charge in [0.2, 0.25) is 5.91 Å². The number of aromatic nitrogens is 2. The number of benzene rings is 1. The number of nitrogens with one attached hydrogen (secondary N) is 1. The number of nitrogen functional groups attached to an aromatic ring is 1. The number of ketones is 1. The molecule has 2 rings (SSSR count). The van der Waals surface area contributed by atoms with Crippen LogP contribution in [0.25, 0.3) is 0 Å². The first-order valence-electron chi connectivity index (χ1n) is 7.15. The SMILES string of the molecule is CCC(=O)Nc1ccc(C(=O)CSc2nc(C)cc(N)n2)cc1. The topological polar surface area (TPSA) is 98.0 Å². The molecule has 0 spiro atoms. The van der Waals surface area contributed by atoms with E-state index in [0.29, 0.717) is 28.6 Å². The fourth-order valence-electron chi connectivity index (χ4n) is 1.83. The molecule has 0 unspecified atom stereocenters. The standard InChI is InChI=1S/C16H18N4O2S/c1-3-15(22)19-12-6-4-11(5-7-12)13(21)9-23-16-18-10(2)8-14(17)20-16/h4-8H,3,9H2,1-2H3,(H,19,22)(H2,17,18,20). The summed E-state index contributed by atoms with van der Waals surface area (Å²) < 4.78 is 0. The van der Waals surface area contributed by atoms with Crippen LogP contribution in [0.5, 0.6) is 0 Å². The van der Waals surface area contributed by atoms with Gasteiger partial charge in [0.1, 0.15) is 5.82 Å². The summed E-state index contributed by atoms with van der Waals surface area (Å²) in [6.07, 6.45) is 0.414. The average molecular weight is 330 g/mol. The lowest BCUT2D eigenvalue weighted by Gasteiger charge is -2.05. The Hall–Kier alpha value is -2.41. The highest BCUT2D eigenvalue weighted by Crippen LogP contribution is 2.18. The molecule has 120 valence electrons. The molecule has 0 aliphatic carbocycles. The Morgan fingerprint density at radius 3 is 2.52 bits per heavy atom. The molecule has 0 radical (unpaired) electrons. The smallest absolute Gasteiger partial charge is 0.224 e. The predicted molar refractivity (Wildman–Crippen MR) is 91.6 cm³/mol. The number of hydrogen-bond acceptors (Lipinski definition) is 6. The van der Waals surface area contributed by atoms with Crippen LogP contribution in [-0.4, -0.2) is 27.4 Å². The van der Waals surface area contributed by atoms with Crippen LogP contribution in [-0.2, 0) is 4.79 Å². The highest BCUT2D eigenvalue weighted by molar-refractivity contribution is 7.99. The van der Waals surface area contributed by atoms with Gasteiger partial charge in [0.25, 0.3) is 0 Å². The molecule has 0 fully saturated rings. The summed E-state index contributed by atoms with van der Waals surface area (Å²) in [5, 5.41) is 3.23. The van der Waals surface area contributed by atoms with Crippen LogP contribution in [0, 0.1) is 6.92 Å². The van der Waals surface area contributed by atoms with Crippen molar-refractivity contribution in [2.75, 3.05) is 16.8 Å². The van der Waals surface area contributed by atoms with E-state index in [1.165, 1.54) is 11.8 Å². The highest BCUT2D eigenvalue weighted by Gasteiger charge is 2.09. The number of hydrogen-bond donors (Lipinski definition) is 2. The Morgan fingerprint density at radius 2 is 1.91 bits per heavy atom. The van der Waals surface area contributed by atoms with Crippen molar-refractivity contribution < 1.29 is 9.59 Å². The monoisotopic (exact) mass is 330 g/mol. The van der Waals surface area contributed by atoms with Gasteiger partial charge in [-0.05, 0) is 31.2 Å². The number of Topliss-reactive ketones (excluding diaryl/α,β-unsaturated/α-hetero) is 1. The van der Waals surface area contributed by atoms with Gasteiger partial charge in [0, 0.05) is 29.4 Å². The van der Waals surface area contributed by atoms with Gasteiger partial charge < -0.3 is 11.1 Å². The minimum absolute atomic E-state index is 0.0351. The van der Waals surface area contributed by atoms with Crippen LogP contribution in [0.3, 0.4) is 0 Å². The van der Waals surface area contributed by atoms with Crippen LogP contribution in [0.1, 0.15) is 29.4 Å². The molecule has 0 saturated carbocycles. The van der Waals surface area contributed by atoms with E-state index in [1.54, 1.807) is 37.3 Å². The van der Waals surface area contributed by atoms with Gasteiger partial charge in [-0.1, -0.05) is 18.7 Å². The zero-order valence-corrected chi connectivity index (χ0v) is 13.8. The molecule has 0 bridgehead atoms. The van der Waals surface area contributed by atoms with Crippen LogP contribution in [0.2, 0.25) is 0 Å². The van der Waals surface area contributed by atoms with Crippen molar-refractivity contribution in [2.24, 2.45) is 0 Å². The first kappa shape index (κ1) is 17.0. The summed E-state index contributed by atoms with van der Waals surface area (Å²) in [6.45, 7) is 3.61.